The lowest BCUT2D eigenvalue weighted by Gasteiger charge is -2.27. The molecule has 0 radical (unpaired) electrons. The first-order valence-electron chi connectivity index (χ1n) is 8.75. The molecule has 6 nitrogen and oxygen atoms in total. The largest absolute Gasteiger partial charge is 0.478 e. The molecule has 1 atom stereocenters. The van der Waals surface area contributed by atoms with E-state index in [2.05, 4.69) is 17.6 Å². The van der Waals surface area contributed by atoms with Gasteiger partial charge in [-0.05, 0) is 48.7 Å². The van der Waals surface area contributed by atoms with Crippen molar-refractivity contribution in [1.29, 1.82) is 0 Å². The smallest absolute Gasteiger partial charge is 0.335 e. The SMILES string of the molecule is CC(NCc1cccc(C(=O)O)c1)c1ccc(N2CCCNC2=O)cc1. The number of carbonyl (C=O) groups excluding carboxylic acids is 1. The molecule has 1 saturated heterocycles. The molecule has 0 bridgehead atoms. The van der Waals surface area contributed by atoms with Crippen LogP contribution in [0.25, 0.3) is 0 Å². The van der Waals surface area contributed by atoms with E-state index in [1.165, 1.54) is 0 Å². The summed E-state index contributed by atoms with van der Waals surface area (Å²) in [5.41, 5.74) is 3.23. The van der Waals surface area contributed by atoms with Crippen molar-refractivity contribution in [1.82, 2.24) is 10.6 Å². The normalized spacial score (nSPS) is 15.4. The van der Waals surface area contributed by atoms with Crippen LogP contribution in [0, 0.1) is 0 Å². The van der Waals surface area contributed by atoms with Crippen molar-refractivity contribution < 1.29 is 14.7 Å². The van der Waals surface area contributed by atoms with Crippen LogP contribution in [0.2, 0.25) is 0 Å². The first-order valence-corrected chi connectivity index (χ1v) is 8.75. The van der Waals surface area contributed by atoms with E-state index in [0.717, 1.165) is 36.3 Å². The summed E-state index contributed by atoms with van der Waals surface area (Å²) in [6, 6.07) is 14.9. The molecule has 136 valence electrons. The van der Waals surface area contributed by atoms with E-state index in [0.29, 0.717) is 12.1 Å². The van der Waals surface area contributed by atoms with Crippen LogP contribution in [-0.2, 0) is 6.54 Å². The van der Waals surface area contributed by atoms with Crippen molar-refractivity contribution in [3.8, 4) is 0 Å². The van der Waals surface area contributed by atoms with Crippen molar-refractivity contribution in [2.75, 3.05) is 18.0 Å². The molecule has 1 fully saturated rings. The molecular weight excluding hydrogens is 330 g/mol. The number of rotatable bonds is 6. The Kier molecular flexibility index (Phi) is 5.53. The van der Waals surface area contributed by atoms with E-state index < -0.39 is 5.97 Å². The molecule has 0 aliphatic carbocycles. The summed E-state index contributed by atoms with van der Waals surface area (Å²) in [6.45, 7) is 4.11. The van der Waals surface area contributed by atoms with Crippen LogP contribution in [0.5, 0.6) is 0 Å². The Morgan fingerprint density at radius 1 is 1.27 bits per heavy atom. The number of aromatic carboxylic acids is 1. The topological polar surface area (TPSA) is 81.7 Å². The van der Waals surface area contributed by atoms with Crippen LogP contribution in [0.3, 0.4) is 0 Å². The van der Waals surface area contributed by atoms with Gasteiger partial charge in [0.05, 0.1) is 5.56 Å². The van der Waals surface area contributed by atoms with Gasteiger partial charge in [-0.1, -0.05) is 24.3 Å². The summed E-state index contributed by atoms with van der Waals surface area (Å²) in [4.78, 5) is 24.7. The average molecular weight is 353 g/mol. The number of hydrogen-bond acceptors (Lipinski definition) is 3. The molecule has 1 unspecified atom stereocenters. The van der Waals surface area contributed by atoms with Gasteiger partial charge in [0.15, 0.2) is 0 Å². The van der Waals surface area contributed by atoms with Crippen LogP contribution >= 0.6 is 0 Å². The summed E-state index contributed by atoms with van der Waals surface area (Å²) in [5, 5.41) is 15.3. The van der Waals surface area contributed by atoms with E-state index in [-0.39, 0.29) is 12.1 Å². The Labute approximate surface area is 152 Å². The minimum absolute atomic E-state index is 0.0477. The van der Waals surface area contributed by atoms with Gasteiger partial charge in [0.25, 0.3) is 0 Å². The number of anilines is 1. The third-order valence-corrected chi connectivity index (χ3v) is 4.57. The Morgan fingerprint density at radius 2 is 2.04 bits per heavy atom. The zero-order chi connectivity index (χ0) is 18.5. The van der Waals surface area contributed by atoms with Crippen LogP contribution in [0.15, 0.2) is 48.5 Å². The number of carbonyl (C=O) groups is 2. The van der Waals surface area contributed by atoms with Gasteiger partial charge in [0.2, 0.25) is 0 Å². The number of carboxylic acid groups (broad SMARTS) is 1. The second-order valence-corrected chi connectivity index (χ2v) is 6.44. The maximum absolute atomic E-state index is 11.9. The standard InChI is InChI=1S/C20H23N3O3/c1-14(22-13-15-4-2-5-17(12-15)19(24)25)16-6-8-18(9-7-16)23-11-3-10-21-20(23)26/h2,4-9,12,14,22H,3,10-11,13H2,1H3,(H,21,26)(H,24,25). The fourth-order valence-corrected chi connectivity index (χ4v) is 3.02. The van der Waals surface area contributed by atoms with E-state index in [1.807, 2.05) is 30.3 Å². The Morgan fingerprint density at radius 3 is 2.73 bits per heavy atom. The first-order chi connectivity index (χ1) is 12.5. The van der Waals surface area contributed by atoms with Crippen molar-refractivity contribution in [3.63, 3.8) is 0 Å². The van der Waals surface area contributed by atoms with Gasteiger partial charge in [-0.15, -0.1) is 0 Å². The molecule has 2 aromatic rings. The molecular formula is C20H23N3O3. The Hall–Kier alpha value is -2.86. The maximum atomic E-state index is 11.9. The number of hydrogen-bond donors (Lipinski definition) is 3. The van der Waals surface area contributed by atoms with Crippen molar-refractivity contribution >= 4 is 17.7 Å². The lowest BCUT2D eigenvalue weighted by Crippen LogP contribution is -2.46. The first kappa shape index (κ1) is 17.9. The minimum Gasteiger partial charge on any atom is -0.478 e. The van der Waals surface area contributed by atoms with Gasteiger partial charge >= 0.3 is 12.0 Å². The van der Waals surface area contributed by atoms with E-state index in [1.54, 1.807) is 23.1 Å². The van der Waals surface area contributed by atoms with E-state index in [9.17, 15) is 9.59 Å². The van der Waals surface area contributed by atoms with E-state index >= 15 is 0 Å². The van der Waals surface area contributed by atoms with Gasteiger partial charge in [-0.3, -0.25) is 4.90 Å². The summed E-state index contributed by atoms with van der Waals surface area (Å²) in [5.74, 6) is -0.919. The van der Waals surface area contributed by atoms with Crippen molar-refractivity contribution in [2.45, 2.75) is 25.9 Å². The quantitative estimate of drug-likeness (QED) is 0.745. The highest BCUT2D eigenvalue weighted by molar-refractivity contribution is 5.92. The summed E-state index contributed by atoms with van der Waals surface area (Å²) < 4.78 is 0. The molecule has 1 aliphatic heterocycles. The predicted octanol–water partition coefficient (Wildman–Crippen LogP) is 3.16. The van der Waals surface area contributed by atoms with Crippen LogP contribution in [0.1, 0.15) is 40.9 Å². The van der Waals surface area contributed by atoms with Crippen LogP contribution in [-0.4, -0.2) is 30.2 Å². The molecule has 0 aromatic heterocycles. The zero-order valence-electron chi connectivity index (χ0n) is 14.7. The monoisotopic (exact) mass is 353 g/mol. The number of benzene rings is 2. The molecule has 3 N–H and O–H groups in total. The number of carboxylic acids is 1. The predicted molar refractivity (Wildman–Crippen MR) is 100 cm³/mol. The summed E-state index contributed by atoms with van der Waals surface area (Å²) in [6.07, 6.45) is 0.945. The number of urea groups is 1. The molecule has 1 heterocycles. The second-order valence-electron chi connectivity index (χ2n) is 6.44. The Balaban J connectivity index is 1.61. The van der Waals surface area contributed by atoms with Gasteiger partial charge in [0.1, 0.15) is 0 Å². The van der Waals surface area contributed by atoms with Crippen molar-refractivity contribution in [3.05, 3.63) is 65.2 Å². The third-order valence-electron chi connectivity index (χ3n) is 4.57. The molecule has 26 heavy (non-hydrogen) atoms. The van der Waals surface area contributed by atoms with Gasteiger partial charge < -0.3 is 15.7 Å². The van der Waals surface area contributed by atoms with Crippen LogP contribution < -0.4 is 15.5 Å². The number of amides is 2. The molecule has 3 rings (SSSR count). The highest BCUT2D eigenvalue weighted by Gasteiger charge is 2.19. The maximum Gasteiger partial charge on any atom is 0.335 e. The minimum atomic E-state index is -0.919. The van der Waals surface area contributed by atoms with Gasteiger partial charge in [0, 0.05) is 31.4 Å². The third kappa shape index (κ3) is 4.21. The Bertz CT molecular complexity index is 789. The lowest BCUT2D eigenvalue weighted by atomic mass is 10.1. The molecule has 6 heteroatoms. The molecule has 0 spiro atoms. The van der Waals surface area contributed by atoms with Crippen LogP contribution in [0.4, 0.5) is 10.5 Å². The summed E-state index contributed by atoms with van der Waals surface area (Å²) in [7, 11) is 0. The van der Waals surface area contributed by atoms with Gasteiger partial charge in [-0.25, -0.2) is 9.59 Å². The molecule has 1 aliphatic rings. The fraction of sp³-hybridized carbons (Fsp3) is 0.300. The van der Waals surface area contributed by atoms with Crippen molar-refractivity contribution in [2.24, 2.45) is 0 Å². The van der Waals surface area contributed by atoms with Gasteiger partial charge in [-0.2, -0.15) is 0 Å². The average Bonchev–Trinajstić information content (AvgIpc) is 2.67. The molecule has 2 aromatic carbocycles. The highest BCUT2D eigenvalue weighted by Crippen LogP contribution is 2.21. The number of nitrogens with zero attached hydrogens (tertiary/aromatic N) is 1. The molecule has 2 amide bonds. The highest BCUT2D eigenvalue weighted by atomic mass is 16.4. The zero-order valence-corrected chi connectivity index (χ0v) is 14.7. The number of nitrogens with one attached hydrogen (secondary N) is 2. The van der Waals surface area contributed by atoms with E-state index in [4.69, 9.17) is 5.11 Å². The second kappa shape index (κ2) is 8.01. The fourth-order valence-electron chi connectivity index (χ4n) is 3.02. The summed E-state index contributed by atoms with van der Waals surface area (Å²) >= 11 is 0. The lowest BCUT2D eigenvalue weighted by molar-refractivity contribution is 0.0696. The molecule has 0 saturated carbocycles.